The molecule has 2 aromatic rings. The lowest BCUT2D eigenvalue weighted by molar-refractivity contribution is -0.130. The number of amides is 1. The fourth-order valence-corrected chi connectivity index (χ4v) is 5.08. The molecule has 1 aromatic carbocycles. The van der Waals surface area contributed by atoms with Crippen molar-refractivity contribution in [2.45, 2.75) is 49.6 Å². The van der Waals surface area contributed by atoms with Crippen LogP contribution in [0.25, 0.3) is 0 Å². The Balaban J connectivity index is 1.35. The molecule has 0 saturated carbocycles. The third kappa shape index (κ3) is 4.72. The molecule has 0 bridgehead atoms. The molecule has 3 heterocycles. The molecule has 7 nitrogen and oxygen atoms in total. The van der Waals surface area contributed by atoms with Gasteiger partial charge >= 0.3 is 0 Å². The average Bonchev–Trinajstić information content (AvgIpc) is 3.14. The molecule has 0 aliphatic carbocycles. The molecule has 32 heavy (non-hydrogen) atoms. The Morgan fingerprint density at radius 3 is 2.47 bits per heavy atom. The molecular formula is C23H29FN4O3S. The molecule has 2 fully saturated rings. The summed E-state index contributed by atoms with van der Waals surface area (Å²) in [7, 11) is -3.48. The summed E-state index contributed by atoms with van der Waals surface area (Å²) in [4.78, 5) is 21.6. The van der Waals surface area contributed by atoms with Crippen LogP contribution in [0.2, 0.25) is 0 Å². The number of sulfone groups is 1. The molecule has 0 spiro atoms. The van der Waals surface area contributed by atoms with E-state index < -0.39 is 21.7 Å². The lowest BCUT2D eigenvalue weighted by Crippen LogP contribution is -2.47. The number of pyridine rings is 1. The van der Waals surface area contributed by atoms with Crippen LogP contribution in [0.4, 0.5) is 15.9 Å². The molecule has 1 atom stereocenters. The molecule has 2 saturated heterocycles. The van der Waals surface area contributed by atoms with Crippen LogP contribution in [0.15, 0.2) is 41.4 Å². The summed E-state index contributed by atoms with van der Waals surface area (Å²) in [6, 6.07) is 7.56. The summed E-state index contributed by atoms with van der Waals surface area (Å²) >= 11 is 0. The van der Waals surface area contributed by atoms with Gasteiger partial charge in [0, 0.05) is 38.1 Å². The van der Waals surface area contributed by atoms with E-state index in [2.05, 4.69) is 34.3 Å². The van der Waals surface area contributed by atoms with Crippen molar-refractivity contribution < 1.29 is 17.6 Å². The predicted molar refractivity (Wildman–Crippen MR) is 122 cm³/mol. The van der Waals surface area contributed by atoms with Gasteiger partial charge < -0.3 is 15.1 Å². The fourth-order valence-electron chi connectivity index (χ4n) is 4.45. The van der Waals surface area contributed by atoms with E-state index in [1.165, 1.54) is 17.7 Å². The number of hydrogen-bond acceptors (Lipinski definition) is 6. The number of hydrogen-bond donors (Lipinski definition) is 1. The topological polar surface area (TPSA) is 82.6 Å². The Morgan fingerprint density at radius 1 is 1.12 bits per heavy atom. The summed E-state index contributed by atoms with van der Waals surface area (Å²) in [5.41, 5.74) is 1.36. The second kappa shape index (κ2) is 9.05. The van der Waals surface area contributed by atoms with Gasteiger partial charge in [0.15, 0.2) is 9.84 Å². The number of aryl methyl sites for hydroxylation is 1. The average molecular weight is 461 g/mol. The van der Waals surface area contributed by atoms with E-state index >= 15 is 0 Å². The number of rotatable bonds is 6. The smallest absolute Gasteiger partial charge is 0.245 e. The maximum atomic E-state index is 14.4. The predicted octanol–water partition coefficient (Wildman–Crippen LogP) is 2.87. The van der Waals surface area contributed by atoms with Crippen molar-refractivity contribution in [3.05, 3.63) is 47.9 Å². The number of nitrogens with zero attached hydrogens (tertiary/aromatic N) is 3. The first-order valence-electron chi connectivity index (χ1n) is 11.0. The third-order valence-corrected chi connectivity index (χ3v) is 7.50. The number of aromatic nitrogens is 1. The first-order chi connectivity index (χ1) is 15.3. The number of benzene rings is 1. The van der Waals surface area contributed by atoms with Crippen molar-refractivity contribution in [1.29, 1.82) is 0 Å². The van der Waals surface area contributed by atoms with Gasteiger partial charge in [-0.25, -0.2) is 17.8 Å². The molecule has 2 aliphatic heterocycles. The van der Waals surface area contributed by atoms with Gasteiger partial charge in [-0.1, -0.05) is 13.0 Å². The van der Waals surface area contributed by atoms with Crippen molar-refractivity contribution in [3.8, 4) is 0 Å². The summed E-state index contributed by atoms with van der Waals surface area (Å²) in [6.07, 6.45) is 6.25. The summed E-state index contributed by atoms with van der Waals surface area (Å²) in [5, 5.41) is 2.97. The van der Waals surface area contributed by atoms with Crippen molar-refractivity contribution in [3.63, 3.8) is 0 Å². The van der Waals surface area contributed by atoms with Gasteiger partial charge in [0.25, 0.3) is 0 Å². The normalized spacial score (nSPS) is 20.1. The van der Waals surface area contributed by atoms with E-state index in [0.29, 0.717) is 13.0 Å². The molecule has 4 rings (SSSR count). The van der Waals surface area contributed by atoms with E-state index in [0.717, 1.165) is 50.5 Å². The lowest BCUT2D eigenvalue weighted by atomic mass is 10.0. The Kier molecular flexibility index (Phi) is 6.37. The Morgan fingerprint density at radius 2 is 1.88 bits per heavy atom. The largest absolute Gasteiger partial charge is 0.371 e. The minimum atomic E-state index is -3.48. The number of piperidine rings is 1. The van der Waals surface area contributed by atoms with Crippen molar-refractivity contribution in [1.82, 2.24) is 9.88 Å². The van der Waals surface area contributed by atoms with E-state index in [4.69, 9.17) is 0 Å². The van der Waals surface area contributed by atoms with Crippen LogP contribution >= 0.6 is 0 Å². The number of likely N-dealkylation sites (tertiary alicyclic amines) is 1. The molecule has 1 amide bonds. The van der Waals surface area contributed by atoms with Crippen LogP contribution in [-0.2, 0) is 21.1 Å². The van der Waals surface area contributed by atoms with Crippen LogP contribution in [0.3, 0.4) is 0 Å². The molecule has 2 aliphatic rings. The van der Waals surface area contributed by atoms with E-state index in [1.54, 1.807) is 0 Å². The number of anilines is 2. The maximum absolute atomic E-state index is 14.4. The van der Waals surface area contributed by atoms with Gasteiger partial charge in [-0.3, -0.25) is 4.79 Å². The van der Waals surface area contributed by atoms with Gasteiger partial charge in [-0.15, -0.1) is 0 Å². The summed E-state index contributed by atoms with van der Waals surface area (Å²) in [5.74, 6) is 0.274. The highest BCUT2D eigenvalue weighted by Gasteiger charge is 2.37. The SMILES string of the molecule is CCc1ccc(N2CCC(N3CC[C@H](Nc4ccc(S(C)(=O)=O)cc4F)C3=O)CC2)nc1. The summed E-state index contributed by atoms with van der Waals surface area (Å²) in [6.45, 7) is 4.42. The van der Waals surface area contributed by atoms with Crippen LogP contribution in [0, 0.1) is 5.82 Å². The highest BCUT2D eigenvalue weighted by atomic mass is 32.2. The zero-order chi connectivity index (χ0) is 22.9. The van der Waals surface area contributed by atoms with Crippen LogP contribution in [0.5, 0.6) is 0 Å². The van der Waals surface area contributed by atoms with Crippen LogP contribution < -0.4 is 10.2 Å². The standard InChI is InChI=1S/C23H29FN4O3S/c1-3-16-4-7-22(25-15-16)27-11-8-17(9-12-27)28-13-10-21(23(28)29)26-20-6-5-18(14-19(20)24)32(2,30)31/h4-7,14-15,17,21,26H,3,8-13H2,1-2H3/t21-/m0/s1. The van der Waals surface area contributed by atoms with Crippen molar-refractivity contribution in [2.24, 2.45) is 0 Å². The Hall–Kier alpha value is -2.68. The van der Waals surface area contributed by atoms with Crippen molar-refractivity contribution >= 4 is 27.2 Å². The van der Waals surface area contributed by atoms with Crippen LogP contribution in [-0.4, -0.2) is 62.2 Å². The number of halogens is 1. The number of carbonyl (C=O) groups excluding carboxylic acids is 1. The zero-order valence-corrected chi connectivity index (χ0v) is 19.2. The van der Waals surface area contributed by atoms with Gasteiger partial charge in [-0.2, -0.15) is 0 Å². The van der Waals surface area contributed by atoms with Gasteiger partial charge in [0.05, 0.1) is 10.6 Å². The summed E-state index contributed by atoms with van der Waals surface area (Å²) < 4.78 is 37.6. The molecule has 1 aromatic heterocycles. The van der Waals surface area contributed by atoms with Crippen molar-refractivity contribution in [2.75, 3.05) is 36.1 Å². The maximum Gasteiger partial charge on any atom is 0.245 e. The molecule has 9 heteroatoms. The third-order valence-electron chi connectivity index (χ3n) is 6.38. The second-order valence-electron chi connectivity index (χ2n) is 8.53. The number of nitrogens with one attached hydrogen (secondary N) is 1. The zero-order valence-electron chi connectivity index (χ0n) is 18.4. The highest BCUT2D eigenvalue weighted by Crippen LogP contribution is 2.27. The Bertz CT molecular complexity index is 1080. The fraction of sp³-hybridized carbons (Fsp3) is 0.478. The minimum Gasteiger partial charge on any atom is -0.371 e. The number of carbonyl (C=O) groups is 1. The second-order valence-corrected chi connectivity index (χ2v) is 10.5. The quantitative estimate of drug-likeness (QED) is 0.714. The van der Waals surface area contributed by atoms with E-state index in [9.17, 15) is 17.6 Å². The van der Waals surface area contributed by atoms with Gasteiger partial charge in [0.2, 0.25) is 5.91 Å². The molecule has 0 radical (unpaired) electrons. The van der Waals surface area contributed by atoms with Gasteiger partial charge in [0.1, 0.15) is 17.7 Å². The van der Waals surface area contributed by atoms with E-state index in [1.807, 2.05) is 11.1 Å². The minimum absolute atomic E-state index is 0.0273. The lowest BCUT2D eigenvalue weighted by Gasteiger charge is -2.37. The molecule has 0 unspecified atom stereocenters. The van der Waals surface area contributed by atoms with E-state index in [-0.39, 0.29) is 22.5 Å². The monoisotopic (exact) mass is 460 g/mol. The molecule has 1 N–H and O–H groups in total. The van der Waals surface area contributed by atoms with Gasteiger partial charge in [-0.05, 0) is 55.5 Å². The molecular weight excluding hydrogens is 431 g/mol. The first-order valence-corrected chi connectivity index (χ1v) is 12.9. The van der Waals surface area contributed by atoms with Crippen LogP contribution in [0.1, 0.15) is 31.7 Å². The first kappa shape index (κ1) is 22.5. The molecule has 172 valence electrons. The Labute approximate surface area is 188 Å². The highest BCUT2D eigenvalue weighted by molar-refractivity contribution is 7.90.